The van der Waals surface area contributed by atoms with E-state index in [-0.39, 0.29) is 0 Å². The number of rotatable bonds is 6. The average molecular weight is 653 g/mol. The van der Waals surface area contributed by atoms with Crippen molar-refractivity contribution in [1.29, 1.82) is 0 Å². The molecule has 0 saturated carbocycles. The standard InChI is InChI=1S/C48H32N2O/c1-3-18-38(19-4-1)49(40-26-23-33-13-7-9-16-36(33)31-40)44-29-30-45(48-46(44)43-28-25-35-15-11-12-22-42(35)47(43)51-48)50(39-20-5-2-6-21-39)41-27-24-34-14-8-10-17-37(34)32-41/h1-32H. The Morgan fingerprint density at radius 3 is 1.37 bits per heavy atom. The van der Waals surface area contributed by atoms with Gasteiger partial charge in [0.2, 0.25) is 0 Å². The van der Waals surface area contributed by atoms with Crippen molar-refractivity contribution in [3.8, 4) is 0 Å². The first kappa shape index (κ1) is 29.1. The van der Waals surface area contributed by atoms with Crippen LogP contribution in [0.2, 0.25) is 0 Å². The fourth-order valence-electron chi connectivity index (χ4n) is 7.58. The van der Waals surface area contributed by atoms with E-state index in [4.69, 9.17) is 4.42 Å². The summed E-state index contributed by atoms with van der Waals surface area (Å²) < 4.78 is 7.17. The lowest BCUT2D eigenvalue weighted by atomic mass is 10.0. The second-order valence-electron chi connectivity index (χ2n) is 13.0. The Bertz CT molecular complexity index is 2880. The second kappa shape index (κ2) is 11.9. The Hall–Kier alpha value is -6.84. The van der Waals surface area contributed by atoms with Gasteiger partial charge in [0.15, 0.2) is 5.58 Å². The topological polar surface area (TPSA) is 19.6 Å². The van der Waals surface area contributed by atoms with Gasteiger partial charge >= 0.3 is 0 Å². The summed E-state index contributed by atoms with van der Waals surface area (Å²) in [5.41, 5.74) is 8.02. The highest BCUT2D eigenvalue weighted by Crippen LogP contribution is 2.50. The molecule has 0 atom stereocenters. The summed E-state index contributed by atoms with van der Waals surface area (Å²) in [6.07, 6.45) is 0. The van der Waals surface area contributed by atoms with Gasteiger partial charge in [0, 0.05) is 33.5 Å². The van der Waals surface area contributed by atoms with Crippen LogP contribution in [0.25, 0.3) is 54.3 Å². The monoisotopic (exact) mass is 652 g/mol. The van der Waals surface area contributed by atoms with E-state index in [1.165, 1.54) is 21.5 Å². The molecule has 10 aromatic rings. The lowest BCUT2D eigenvalue weighted by Crippen LogP contribution is -2.13. The normalized spacial score (nSPS) is 11.5. The van der Waals surface area contributed by atoms with Gasteiger partial charge in [-0.1, -0.05) is 127 Å². The molecule has 0 radical (unpaired) electrons. The van der Waals surface area contributed by atoms with Gasteiger partial charge in [-0.25, -0.2) is 0 Å². The largest absolute Gasteiger partial charge is 0.453 e. The molecule has 51 heavy (non-hydrogen) atoms. The van der Waals surface area contributed by atoms with Crippen LogP contribution in [0.4, 0.5) is 34.1 Å². The fourth-order valence-corrected chi connectivity index (χ4v) is 7.58. The third-order valence-corrected chi connectivity index (χ3v) is 9.96. The number of anilines is 6. The molecule has 1 aromatic heterocycles. The minimum Gasteiger partial charge on any atom is -0.453 e. The van der Waals surface area contributed by atoms with E-state index in [9.17, 15) is 0 Å². The second-order valence-corrected chi connectivity index (χ2v) is 13.0. The van der Waals surface area contributed by atoms with E-state index in [1.807, 2.05) is 0 Å². The molecular weight excluding hydrogens is 621 g/mol. The summed E-state index contributed by atoms with van der Waals surface area (Å²) in [5, 5.41) is 9.18. The van der Waals surface area contributed by atoms with Gasteiger partial charge in [-0.3, -0.25) is 0 Å². The van der Waals surface area contributed by atoms with Crippen molar-refractivity contribution < 1.29 is 4.42 Å². The number of hydrogen-bond acceptors (Lipinski definition) is 3. The first-order chi connectivity index (χ1) is 25.3. The van der Waals surface area contributed by atoms with E-state index < -0.39 is 0 Å². The van der Waals surface area contributed by atoms with Crippen molar-refractivity contribution in [1.82, 2.24) is 0 Å². The van der Waals surface area contributed by atoms with Crippen LogP contribution >= 0.6 is 0 Å². The summed E-state index contributed by atoms with van der Waals surface area (Å²) in [4.78, 5) is 4.69. The fraction of sp³-hybridized carbons (Fsp3) is 0. The smallest absolute Gasteiger partial charge is 0.161 e. The molecule has 0 amide bonds. The molecule has 0 bridgehead atoms. The number of fused-ring (bicyclic) bond motifs is 7. The van der Waals surface area contributed by atoms with Crippen molar-refractivity contribution in [3.05, 3.63) is 194 Å². The minimum atomic E-state index is 0.831. The number of nitrogens with zero attached hydrogens (tertiary/aromatic N) is 2. The highest BCUT2D eigenvalue weighted by Gasteiger charge is 2.26. The highest BCUT2D eigenvalue weighted by molar-refractivity contribution is 6.22. The molecule has 0 unspecified atom stereocenters. The maximum Gasteiger partial charge on any atom is 0.161 e. The lowest BCUT2D eigenvalue weighted by Gasteiger charge is -2.29. The zero-order chi connectivity index (χ0) is 33.7. The summed E-state index contributed by atoms with van der Waals surface area (Å²) in [5.74, 6) is 0. The lowest BCUT2D eigenvalue weighted by molar-refractivity contribution is 0.673. The van der Waals surface area contributed by atoms with E-state index >= 15 is 0 Å². The Kier molecular flexibility index (Phi) is 6.81. The van der Waals surface area contributed by atoms with Crippen molar-refractivity contribution >= 4 is 88.4 Å². The molecule has 3 nitrogen and oxygen atoms in total. The minimum absolute atomic E-state index is 0.831. The number of furan rings is 1. The van der Waals surface area contributed by atoms with E-state index in [0.717, 1.165) is 66.8 Å². The van der Waals surface area contributed by atoms with Gasteiger partial charge in [-0.05, 0) is 93.7 Å². The molecule has 3 heteroatoms. The van der Waals surface area contributed by atoms with Crippen LogP contribution in [0.3, 0.4) is 0 Å². The predicted molar refractivity (Wildman–Crippen MR) is 216 cm³/mol. The van der Waals surface area contributed by atoms with Gasteiger partial charge in [0.25, 0.3) is 0 Å². The van der Waals surface area contributed by atoms with Gasteiger partial charge in [-0.15, -0.1) is 0 Å². The third kappa shape index (κ3) is 4.90. The van der Waals surface area contributed by atoms with Crippen LogP contribution in [0.5, 0.6) is 0 Å². The van der Waals surface area contributed by atoms with Gasteiger partial charge < -0.3 is 14.2 Å². The Morgan fingerprint density at radius 2 is 0.765 bits per heavy atom. The average Bonchev–Trinajstić information content (AvgIpc) is 3.60. The van der Waals surface area contributed by atoms with E-state index in [2.05, 4.69) is 204 Å². The predicted octanol–water partition coefficient (Wildman–Crippen LogP) is 14.0. The van der Waals surface area contributed by atoms with E-state index in [1.54, 1.807) is 0 Å². The first-order valence-corrected chi connectivity index (χ1v) is 17.4. The number of benzene rings is 9. The molecule has 10 rings (SSSR count). The SMILES string of the molecule is c1ccc(N(c2ccc3ccccc3c2)c2ccc(N(c3ccccc3)c3ccc4ccccc4c3)c3c2oc2c4ccccc4ccc23)cc1. The molecule has 0 spiro atoms. The van der Waals surface area contributed by atoms with Gasteiger partial charge in [0.05, 0.1) is 16.8 Å². The van der Waals surface area contributed by atoms with Crippen LogP contribution in [0.1, 0.15) is 0 Å². The molecule has 240 valence electrons. The van der Waals surface area contributed by atoms with Gasteiger partial charge in [-0.2, -0.15) is 0 Å². The number of hydrogen-bond donors (Lipinski definition) is 0. The first-order valence-electron chi connectivity index (χ1n) is 17.4. The maximum absolute atomic E-state index is 7.17. The van der Waals surface area contributed by atoms with Crippen LogP contribution in [0, 0.1) is 0 Å². The molecule has 0 saturated heterocycles. The molecule has 0 aliphatic carbocycles. The number of para-hydroxylation sites is 2. The van der Waals surface area contributed by atoms with Crippen molar-refractivity contribution in [2.45, 2.75) is 0 Å². The molecule has 1 heterocycles. The van der Waals surface area contributed by atoms with Crippen LogP contribution in [0.15, 0.2) is 199 Å². The molecular formula is C48H32N2O. The quantitative estimate of drug-likeness (QED) is 0.178. The van der Waals surface area contributed by atoms with Crippen LogP contribution in [-0.4, -0.2) is 0 Å². The maximum atomic E-state index is 7.17. The highest BCUT2D eigenvalue weighted by atomic mass is 16.3. The molecule has 0 aliphatic heterocycles. The van der Waals surface area contributed by atoms with Crippen LogP contribution in [-0.2, 0) is 0 Å². The third-order valence-electron chi connectivity index (χ3n) is 9.96. The molecule has 9 aromatic carbocycles. The molecule has 0 fully saturated rings. The Morgan fingerprint density at radius 1 is 0.294 bits per heavy atom. The van der Waals surface area contributed by atoms with Gasteiger partial charge in [0.1, 0.15) is 5.58 Å². The van der Waals surface area contributed by atoms with Crippen molar-refractivity contribution in [2.75, 3.05) is 9.80 Å². The summed E-state index contributed by atoms with van der Waals surface area (Å²) in [6.45, 7) is 0. The van der Waals surface area contributed by atoms with E-state index in [0.29, 0.717) is 0 Å². The summed E-state index contributed by atoms with van der Waals surface area (Å²) in [7, 11) is 0. The molecule has 0 N–H and O–H groups in total. The Labute approximate surface area is 295 Å². The van der Waals surface area contributed by atoms with Crippen LogP contribution < -0.4 is 9.80 Å². The summed E-state index contributed by atoms with van der Waals surface area (Å²) in [6, 6.07) is 69.1. The zero-order valence-corrected chi connectivity index (χ0v) is 27.8. The molecule has 0 aliphatic rings. The zero-order valence-electron chi connectivity index (χ0n) is 27.8. The Balaban J connectivity index is 1.30. The summed E-state index contributed by atoms with van der Waals surface area (Å²) >= 11 is 0. The van der Waals surface area contributed by atoms with Crippen molar-refractivity contribution in [3.63, 3.8) is 0 Å². The van der Waals surface area contributed by atoms with Crippen molar-refractivity contribution in [2.24, 2.45) is 0 Å².